The number of aliphatic hydroxyl groups excluding tert-OH is 2. The predicted octanol–water partition coefficient (Wildman–Crippen LogP) is -2.93. The summed E-state index contributed by atoms with van der Waals surface area (Å²) in [6.07, 6.45) is 0. The lowest BCUT2D eigenvalue weighted by Gasteiger charge is -1.94. The van der Waals surface area contributed by atoms with Crippen LogP contribution >= 0.6 is 0 Å². The third kappa shape index (κ3) is 25.1. The first-order valence-electron chi connectivity index (χ1n) is 2.34. The lowest BCUT2D eigenvalue weighted by Crippen LogP contribution is -2.21. The first-order chi connectivity index (χ1) is 3.41. The average Bonchev–Trinajstić information content (AvgIpc) is 1.69. The molecule has 68 valence electrons. The minimum absolute atomic E-state index is 0. The zero-order chi connectivity index (χ0) is 5.54. The van der Waals surface area contributed by atoms with Gasteiger partial charge in [0.15, 0.2) is 0 Å². The van der Waals surface area contributed by atoms with E-state index < -0.39 is 0 Å². The van der Waals surface area contributed by atoms with Gasteiger partial charge >= 0.3 is 0 Å². The highest BCUT2D eigenvalue weighted by Gasteiger charge is 1.78. The molecule has 0 saturated heterocycles. The van der Waals surface area contributed by atoms with E-state index in [1.54, 1.807) is 0 Å². The summed E-state index contributed by atoms with van der Waals surface area (Å²) in [4.78, 5) is 0. The molecule has 0 amide bonds. The summed E-state index contributed by atoms with van der Waals surface area (Å²) in [7, 11) is 0. The van der Waals surface area contributed by atoms with E-state index in [-0.39, 0.29) is 30.3 Å². The topological polar surface area (TPSA) is 150 Å². The van der Waals surface area contributed by atoms with Crippen molar-refractivity contribution in [3.63, 3.8) is 0 Å². The van der Waals surface area contributed by atoms with Crippen LogP contribution in [0.3, 0.4) is 0 Å². The second-order valence-corrected chi connectivity index (χ2v) is 1.20. The Morgan fingerprint density at radius 1 is 0.900 bits per heavy atom. The Bertz CT molecular complexity index is 34.4. The SMILES string of the molecule is N.O.O.OCCNCCO. The summed E-state index contributed by atoms with van der Waals surface area (Å²) in [5.74, 6) is 0. The van der Waals surface area contributed by atoms with E-state index in [0.29, 0.717) is 13.1 Å². The Balaban J connectivity index is -0.0000000600. The van der Waals surface area contributed by atoms with Crippen LogP contribution < -0.4 is 11.5 Å². The zero-order valence-corrected chi connectivity index (χ0v) is 5.93. The molecule has 10 heavy (non-hydrogen) atoms. The summed E-state index contributed by atoms with van der Waals surface area (Å²) in [5, 5.41) is 19.1. The number of hydrogen-bond donors (Lipinski definition) is 4. The number of hydrogen-bond acceptors (Lipinski definition) is 4. The molecule has 0 atom stereocenters. The van der Waals surface area contributed by atoms with E-state index in [0.717, 1.165) is 0 Å². The van der Waals surface area contributed by atoms with Crippen molar-refractivity contribution in [2.45, 2.75) is 0 Å². The molecule has 0 aromatic carbocycles. The van der Waals surface area contributed by atoms with Crippen LogP contribution in [0.4, 0.5) is 0 Å². The van der Waals surface area contributed by atoms with Crippen molar-refractivity contribution in [3.05, 3.63) is 0 Å². The molecule has 0 spiro atoms. The highest BCUT2D eigenvalue weighted by Crippen LogP contribution is 1.54. The van der Waals surface area contributed by atoms with Crippen molar-refractivity contribution in [2.75, 3.05) is 26.3 Å². The molecule has 0 radical (unpaired) electrons. The van der Waals surface area contributed by atoms with Crippen molar-refractivity contribution in [1.29, 1.82) is 0 Å². The summed E-state index contributed by atoms with van der Waals surface area (Å²) < 4.78 is 0. The molecule has 0 saturated carbocycles. The monoisotopic (exact) mass is 158 g/mol. The van der Waals surface area contributed by atoms with Crippen LogP contribution in [-0.4, -0.2) is 47.5 Å². The molecule has 0 aliphatic carbocycles. The zero-order valence-electron chi connectivity index (χ0n) is 5.93. The Morgan fingerprint density at radius 2 is 1.20 bits per heavy atom. The quantitative estimate of drug-likeness (QED) is 0.324. The molecule has 6 nitrogen and oxygen atoms in total. The molecular weight excluding hydrogens is 140 g/mol. The van der Waals surface area contributed by atoms with Crippen LogP contribution in [0.15, 0.2) is 0 Å². The van der Waals surface area contributed by atoms with Gasteiger partial charge in [0, 0.05) is 13.1 Å². The Labute approximate surface area is 60.1 Å². The molecule has 6 heteroatoms. The van der Waals surface area contributed by atoms with Gasteiger partial charge in [-0.1, -0.05) is 0 Å². The molecule has 0 aromatic heterocycles. The van der Waals surface area contributed by atoms with E-state index >= 15 is 0 Å². The van der Waals surface area contributed by atoms with Gasteiger partial charge in [-0.05, 0) is 0 Å². The highest BCUT2D eigenvalue weighted by atomic mass is 16.3. The smallest absolute Gasteiger partial charge is 0.0555 e. The summed E-state index contributed by atoms with van der Waals surface area (Å²) in [6, 6.07) is 0. The summed E-state index contributed by atoms with van der Waals surface area (Å²) in [6.45, 7) is 1.42. The molecule has 0 aliphatic rings. The van der Waals surface area contributed by atoms with Crippen LogP contribution in [0.2, 0.25) is 0 Å². The van der Waals surface area contributed by atoms with E-state index in [2.05, 4.69) is 5.32 Å². The van der Waals surface area contributed by atoms with Gasteiger partial charge in [0.1, 0.15) is 0 Å². The van der Waals surface area contributed by atoms with Crippen LogP contribution in [0.5, 0.6) is 0 Å². The number of nitrogens with one attached hydrogen (secondary N) is 1. The fraction of sp³-hybridized carbons (Fsp3) is 1.00. The molecule has 0 heterocycles. The Hall–Kier alpha value is -0.240. The molecule has 0 aromatic rings. The summed E-state index contributed by atoms with van der Waals surface area (Å²) >= 11 is 0. The van der Waals surface area contributed by atoms with E-state index in [9.17, 15) is 0 Å². The normalized spacial score (nSPS) is 6.60. The van der Waals surface area contributed by atoms with Gasteiger partial charge < -0.3 is 32.6 Å². The van der Waals surface area contributed by atoms with E-state index in [1.807, 2.05) is 0 Å². The van der Waals surface area contributed by atoms with Gasteiger partial charge in [0.2, 0.25) is 0 Å². The van der Waals surface area contributed by atoms with E-state index in [1.165, 1.54) is 0 Å². The second kappa shape index (κ2) is 23.3. The second-order valence-electron chi connectivity index (χ2n) is 1.20. The minimum Gasteiger partial charge on any atom is -0.412 e. The Kier molecular flexibility index (Phi) is 52.6. The number of rotatable bonds is 4. The van der Waals surface area contributed by atoms with Crippen molar-refractivity contribution >= 4 is 0 Å². The van der Waals surface area contributed by atoms with Crippen LogP contribution in [0.1, 0.15) is 0 Å². The lowest BCUT2D eigenvalue weighted by atomic mass is 10.6. The lowest BCUT2D eigenvalue weighted by molar-refractivity contribution is 0.266. The first kappa shape index (κ1) is 22.6. The van der Waals surface area contributed by atoms with Gasteiger partial charge in [-0.15, -0.1) is 0 Å². The predicted molar refractivity (Wildman–Crippen MR) is 39.3 cm³/mol. The molecule has 0 aliphatic heterocycles. The molecule has 0 unspecified atom stereocenters. The molecule has 0 rings (SSSR count). The maximum Gasteiger partial charge on any atom is 0.0555 e. The fourth-order valence-corrected chi connectivity index (χ4v) is 0.283. The molecule has 0 bridgehead atoms. The Morgan fingerprint density at radius 3 is 1.40 bits per heavy atom. The highest BCUT2D eigenvalue weighted by molar-refractivity contribution is 4.39. The molecule has 0 fully saturated rings. The van der Waals surface area contributed by atoms with Gasteiger partial charge in [-0.25, -0.2) is 0 Å². The maximum absolute atomic E-state index is 8.15. The standard InChI is InChI=1S/C4H11NO2.H3N.2H2O/c6-3-1-5-2-4-7;;;/h5-7H,1-4H2;1H3;2*1H2. The van der Waals surface area contributed by atoms with Crippen LogP contribution in [0.25, 0.3) is 0 Å². The van der Waals surface area contributed by atoms with Gasteiger partial charge in [0.05, 0.1) is 13.2 Å². The average molecular weight is 158 g/mol. The van der Waals surface area contributed by atoms with Crippen LogP contribution in [-0.2, 0) is 0 Å². The van der Waals surface area contributed by atoms with Gasteiger partial charge in [0.25, 0.3) is 0 Å². The van der Waals surface area contributed by atoms with Crippen molar-refractivity contribution in [2.24, 2.45) is 0 Å². The molecule has 10 N–H and O–H groups in total. The van der Waals surface area contributed by atoms with Crippen LogP contribution in [0, 0.1) is 0 Å². The largest absolute Gasteiger partial charge is 0.412 e. The maximum atomic E-state index is 8.15. The minimum atomic E-state index is 0. The van der Waals surface area contributed by atoms with Gasteiger partial charge in [-0.3, -0.25) is 0 Å². The summed E-state index contributed by atoms with van der Waals surface area (Å²) in [5.41, 5.74) is 0. The molecular formula is C4H18N2O4. The third-order valence-electron chi connectivity index (χ3n) is 0.577. The first-order valence-corrected chi connectivity index (χ1v) is 2.34. The third-order valence-corrected chi connectivity index (χ3v) is 0.577. The van der Waals surface area contributed by atoms with Crippen molar-refractivity contribution in [1.82, 2.24) is 11.5 Å². The fourth-order valence-electron chi connectivity index (χ4n) is 0.283. The number of aliphatic hydroxyl groups is 2. The van der Waals surface area contributed by atoms with E-state index in [4.69, 9.17) is 10.2 Å². The van der Waals surface area contributed by atoms with Gasteiger partial charge in [-0.2, -0.15) is 0 Å². The van der Waals surface area contributed by atoms with Crippen molar-refractivity contribution < 1.29 is 21.2 Å². The van der Waals surface area contributed by atoms with Crippen molar-refractivity contribution in [3.8, 4) is 0 Å².